The van der Waals surface area contributed by atoms with Crippen LogP contribution in [0.2, 0.25) is 0 Å². The highest BCUT2D eigenvalue weighted by Crippen LogP contribution is 2.31. The van der Waals surface area contributed by atoms with Crippen LogP contribution >= 0.6 is 11.3 Å². The predicted octanol–water partition coefficient (Wildman–Crippen LogP) is 3.44. The maximum Gasteiger partial charge on any atom is 0.273 e. The summed E-state index contributed by atoms with van der Waals surface area (Å²) in [5, 5.41) is 2.68. The smallest absolute Gasteiger partial charge is 0.273 e. The van der Waals surface area contributed by atoms with Gasteiger partial charge in [0.1, 0.15) is 10.7 Å². The van der Waals surface area contributed by atoms with Crippen molar-refractivity contribution in [2.24, 2.45) is 0 Å². The van der Waals surface area contributed by atoms with Crippen LogP contribution in [0.5, 0.6) is 0 Å². The van der Waals surface area contributed by atoms with E-state index in [-0.39, 0.29) is 11.9 Å². The molecule has 3 rings (SSSR count). The molecule has 3 heterocycles. The number of hydrogen-bond acceptors (Lipinski definition) is 5. The number of carbonyl (C=O) groups excluding carboxylic acids is 1. The van der Waals surface area contributed by atoms with Gasteiger partial charge in [0.05, 0.1) is 12.6 Å². The highest BCUT2D eigenvalue weighted by molar-refractivity contribution is 7.09. The molecule has 2 aromatic heterocycles. The number of hydrogen-bond donors (Lipinski definition) is 0. The van der Waals surface area contributed by atoms with Crippen LogP contribution in [-0.2, 0) is 11.3 Å². The molecule has 0 N–H and O–H groups in total. The lowest BCUT2D eigenvalue weighted by molar-refractivity contribution is 0.0675. The van der Waals surface area contributed by atoms with E-state index in [2.05, 4.69) is 9.97 Å². The molecule has 1 amide bonds. The van der Waals surface area contributed by atoms with Crippen LogP contribution in [0.15, 0.2) is 29.9 Å². The van der Waals surface area contributed by atoms with Crippen molar-refractivity contribution >= 4 is 17.2 Å². The van der Waals surface area contributed by atoms with Crippen LogP contribution in [0.25, 0.3) is 0 Å². The first-order valence-corrected chi connectivity index (χ1v) is 8.82. The third-order valence-corrected chi connectivity index (χ3v) is 4.97. The normalized spacial score (nSPS) is 18.7. The molecule has 0 spiro atoms. The molecule has 0 saturated carbocycles. The van der Waals surface area contributed by atoms with E-state index >= 15 is 0 Å². The van der Waals surface area contributed by atoms with Crippen molar-refractivity contribution < 1.29 is 9.53 Å². The average Bonchev–Trinajstić information content (AvgIpc) is 2.91. The molecule has 122 valence electrons. The van der Waals surface area contributed by atoms with E-state index < -0.39 is 0 Å². The third kappa shape index (κ3) is 3.76. The van der Waals surface area contributed by atoms with Gasteiger partial charge in [0.2, 0.25) is 0 Å². The van der Waals surface area contributed by atoms with E-state index in [1.807, 2.05) is 22.4 Å². The number of amides is 1. The summed E-state index contributed by atoms with van der Waals surface area (Å²) < 4.78 is 5.09. The van der Waals surface area contributed by atoms with E-state index in [9.17, 15) is 4.79 Å². The molecule has 0 aliphatic carbocycles. The van der Waals surface area contributed by atoms with Crippen molar-refractivity contribution in [3.05, 3.63) is 46.2 Å². The second kappa shape index (κ2) is 7.66. The van der Waals surface area contributed by atoms with Gasteiger partial charge in [-0.15, -0.1) is 11.3 Å². The topological polar surface area (TPSA) is 55.3 Å². The van der Waals surface area contributed by atoms with Gasteiger partial charge >= 0.3 is 0 Å². The highest BCUT2D eigenvalue weighted by atomic mass is 32.1. The first-order valence-electron chi connectivity index (χ1n) is 7.94. The minimum absolute atomic E-state index is 0.0207. The summed E-state index contributed by atoms with van der Waals surface area (Å²) in [6.07, 6.45) is 7.93. The Bertz CT molecular complexity index is 644. The standard InChI is InChI=1S/C17H21N3O2S/c1-22-11-16-19-14(12-23-16)17(21)20-10-4-2-3-5-15(20)13-6-8-18-9-7-13/h6-9,12,15H,2-5,10-11H2,1H3/t15-/m1/s1. The summed E-state index contributed by atoms with van der Waals surface area (Å²) in [7, 11) is 1.64. The number of methoxy groups -OCH3 is 1. The summed E-state index contributed by atoms with van der Waals surface area (Å²) in [5.74, 6) is 0.0207. The minimum atomic E-state index is 0.0207. The van der Waals surface area contributed by atoms with Gasteiger partial charge in [-0.2, -0.15) is 0 Å². The van der Waals surface area contributed by atoms with E-state index in [0.717, 1.165) is 42.8 Å². The second-order valence-electron chi connectivity index (χ2n) is 5.70. The Morgan fingerprint density at radius 3 is 2.96 bits per heavy atom. The van der Waals surface area contributed by atoms with Gasteiger partial charge in [0.15, 0.2) is 0 Å². The van der Waals surface area contributed by atoms with Gasteiger partial charge in [-0.25, -0.2) is 4.98 Å². The number of nitrogens with zero attached hydrogens (tertiary/aromatic N) is 3. The molecule has 0 radical (unpaired) electrons. The molecule has 1 aliphatic heterocycles. The summed E-state index contributed by atoms with van der Waals surface area (Å²) in [5.41, 5.74) is 1.69. The zero-order valence-electron chi connectivity index (χ0n) is 13.3. The molecule has 1 aliphatic rings. The fourth-order valence-corrected chi connectivity index (χ4v) is 3.77. The molecule has 5 nitrogen and oxygen atoms in total. The fourth-order valence-electron chi connectivity index (χ4n) is 3.03. The number of rotatable bonds is 4. The lowest BCUT2D eigenvalue weighted by Crippen LogP contribution is -2.35. The van der Waals surface area contributed by atoms with E-state index in [0.29, 0.717) is 12.3 Å². The number of ether oxygens (including phenoxy) is 1. The number of pyridine rings is 1. The molecule has 1 fully saturated rings. The first-order chi connectivity index (χ1) is 11.3. The fraction of sp³-hybridized carbons (Fsp3) is 0.471. The van der Waals surface area contributed by atoms with Gasteiger partial charge < -0.3 is 9.64 Å². The van der Waals surface area contributed by atoms with Gasteiger partial charge in [0.25, 0.3) is 5.91 Å². The Balaban J connectivity index is 1.85. The van der Waals surface area contributed by atoms with Crippen LogP contribution in [0.3, 0.4) is 0 Å². The maximum absolute atomic E-state index is 13.0. The zero-order valence-corrected chi connectivity index (χ0v) is 14.1. The van der Waals surface area contributed by atoms with E-state index in [4.69, 9.17) is 4.74 Å². The highest BCUT2D eigenvalue weighted by Gasteiger charge is 2.28. The Kier molecular flexibility index (Phi) is 5.35. The number of carbonyl (C=O) groups is 1. The monoisotopic (exact) mass is 331 g/mol. The Morgan fingerprint density at radius 2 is 2.17 bits per heavy atom. The third-order valence-electron chi connectivity index (χ3n) is 4.14. The van der Waals surface area contributed by atoms with Crippen LogP contribution in [0, 0.1) is 0 Å². The SMILES string of the molecule is COCc1nc(C(=O)N2CCCCC[C@@H]2c2ccncc2)cs1. The Morgan fingerprint density at radius 1 is 1.35 bits per heavy atom. The lowest BCUT2D eigenvalue weighted by Gasteiger charge is -2.29. The van der Waals surface area contributed by atoms with E-state index in [1.165, 1.54) is 11.3 Å². The molecule has 0 unspecified atom stereocenters. The van der Waals surface area contributed by atoms with Crippen molar-refractivity contribution in [3.8, 4) is 0 Å². The lowest BCUT2D eigenvalue weighted by atomic mass is 10.0. The van der Waals surface area contributed by atoms with Crippen molar-refractivity contribution in [3.63, 3.8) is 0 Å². The summed E-state index contributed by atoms with van der Waals surface area (Å²) in [4.78, 5) is 23.5. The number of thiazole rings is 1. The summed E-state index contributed by atoms with van der Waals surface area (Å²) in [6.45, 7) is 1.23. The van der Waals surface area contributed by atoms with Crippen molar-refractivity contribution in [2.45, 2.75) is 38.3 Å². The molecule has 2 aromatic rings. The molecular weight excluding hydrogens is 310 g/mol. The Labute approximate surface area is 140 Å². The van der Waals surface area contributed by atoms with Crippen molar-refractivity contribution in [1.29, 1.82) is 0 Å². The van der Waals surface area contributed by atoms with Crippen LogP contribution < -0.4 is 0 Å². The van der Waals surface area contributed by atoms with E-state index in [1.54, 1.807) is 19.5 Å². The van der Waals surface area contributed by atoms with Gasteiger partial charge in [-0.3, -0.25) is 9.78 Å². The quantitative estimate of drug-likeness (QED) is 0.861. The largest absolute Gasteiger partial charge is 0.378 e. The molecule has 0 aromatic carbocycles. The molecular formula is C17H21N3O2S. The number of aromatic nitrogens is 2. The van der Waals surface area contributed by atoms with Crippen molar-refractivity contribution in [2.75, 3.05) is 13.7 Å². The zero-order chi connectivity index (χ0) is 16.1. The first kappa shape index (κ1) is 16.1. The van der Waals surface area contributed by atoms with Gasteiger partial charge in [-0.05, 0) is 30.5 Å². The molecule has 1 atom stereocenters. The molecule has 1 saturated heterocycles. The summed E-state index contributed by atoms with van der Waals surface area (Å²) >= 11 is 1.48. The molecule has 6 heteroatoms. The van der Waals surface area contributed by atoms with Crippen LogP contribution in [0.4, 0.5) is 0 Å². The summed E-state index contributed by atoms with van der Waals surface area (Å²) in [6, 6.07) is 4.13. The predicted molar refractivity (Wildman–Crippen MR) is 89.3 cm³/mol. The van der Waals surface area contributed by atoms with Gasteiger partial charge in [-0.1, -0.05) is 12.8 Å². The maximum atomic E-state index is 13.0. The van der Waals surface area contributed by atoms with Gasteiger partial charge in [0, 0.05) is 31.4 Å². The molecule has 0 bridgehead atoms. The molecule has 23 heavy (non-hydrogen) atoms. The average molecular weight is 331 g/mol. The second-order valence-corrected chi connectivity index (χ2v) is 6.65. The van der Waals surface area contributed by atoms with Crippen LogP contribution in [-0.4, -0.2) is 34.4 Å². The van der Waals surface area contributed by atoms with Crippen molar-refractivity contribution in [1.82, 2.24) is 14.9 Å². The van der Waals surface area contributed by atoms with Crippen LogP contribution in [0.1, 0.15) is 52.8 Å². The minimum Gasteiger partial charge on any atom is -0.378 e. The Hall–Kier alpha value is -1.79. The number of likely N-dealkylation sites (tertiary alicyclic amines) is 1.